The Morgan fingerprint density at radius 2 is 0.761 bits per heavy atom. The standard InChI is InChI=1S/C61H116NO8P/c1-6-8-10-12-14-16-18-20-22-24-26-27-28-29-30-31-32-33-34-35-36-38-40-42-44-46-48-50-52-54-61(64)70-59(58-69-71(65,66)68-56-55-62(3,4)5)57-67-60(63)53-51-49-47-45-43-41-39-37-25-23-21-19-17-15-13-11-9-7-2/h18,20,23-26,59H,6-17,19,21-22,27-58H2,1-5H3/p+1/b20-18-,25-23-,26-24-. The van der Waals surface area contributed by atoms with E-state index in [9.17, 15) is 19.0 Å². The average Bonchev–Trinajstić information content (AvgIpc) is 3.33. The zero-order valence-corrected chi connectivity index (χ0v) is 48.4. The van der Waals surface area contributed by atoms with Crippen molar-refractivity contribution in [3.8, 4) is 0 Å². The zero-order chi connectivity index (χ0) is 52.0. The molecule has 0 aromatic carbocycles. The summed E-state index contributed by atoms with van der Waals surface area (Å²) in [6.07, 6.45) is 65.0. The number of likely N-dealkylation sites (N-methyl/N-ethyl adjacent to an activating group) is 1. The summed E-state index contributed by atoms with van der Waals surface area (Å²) in [7, 11) is 1.49. The molecule has 0 spiro atoms. The second kappa shape index (κ2) is 53.1. The zero-order valence-electron chi connectivity index (χ0n) is 47.5. The number of unbranched alkanes of at least 4 members (excludes halogenated alkanes) is 36. The number of allylic oxidation sites excluding steroid dienone is 6. The van der Waals surface area contributed by atoms with Gasteiger partial charge >= 0.3 is 19.8 Å². The Labute approximate surface area is 440 Å². The Kier molecular flexibility index (Phi) is 51.7. The van der Waals surface area contributed by atoms with Gasteiger partial charge in [0, 0.05) is 12.8 Å². The molecule has 0 radical (unpaired) electrons. The summed E-state index contributed by atoms with van der Waals surface area (Å²) >= 11 is 0. The van der Waals surface area contributed by atoms with Gasteiger partial charge in [0.2, 0.25) is 0 Å². The summed E-state index contributed by atoms with van der Waals surface area (Å²) in [4.78, 5) is 35.7. The normalized spacial score (nSPS) is 13.5. The topological polar surface area (TPSA) is 108 Å². The largest absolute Gasteiger partial charge is 0.472 e. The minimum atomic E-state index is -4.38. The number of hydrogen-bond donors (Lipinski definition) is 1. The summed E-state index contributed by atoms with van der Waals surface area (Å²) in [5, 5.41) is 0. The molecule has 2 atom stereocenters. The Balaban J connectivity index is 4.08. The minimum Gasteiger partial charge on any atom is -0.462 e. The maximum Gasteiger partial charge on any atom is 0.472 e. The van der Waals surface area contributed by atoms with E-state index in [2.05, 4.69) is 50.3 Å². The van der Waals surface area contributed by atoms with Crippen molar-refractivity contribution in [3.05, 3.63) is 36.5 Å². The first kappa shape index (κ1) is 69.2. The maximum atomic E-state index is 12.8. The van der Waals surface area contributed by atoms with Crippen LogP contribution in [0.3, 0.4) is 0 Å². The van der Waals surface area contributed by atoms with E-state index in [1.807, 2.05) is 21.1 Å². The van der Waals surface area contributed by atoms with Crippen molar-refractivity contribution in [2.45, 2.75) is 296 Å². The van der Waals surface area contributed by atoms with Crippen LogP contribution in [0.1, 0.15) is 290 Å². The van der Waals surface area contributed by atoms with E-state index in [1.54, 1.807) is 0 Å². The van der Waals surface area contributed by atoms with Gasteiger partial charge in [-0.25, -0.2) is 4.57 Å². The summed E-state index contributed by atoms with van der Waals surface area (Å²) < 4.78 is 34.6. The molecule has 0 aromatic heterocycles. The monoisotopic (exact) mass is 1020 g/mol. The van der Waals surface area contributed by atoms with E-state index >= 15 is 0 Å². The van der Waals surface area contributed by atoms with E-state index in [4.69, 9.17) is 18.5 Å². The molecule has 0 fully saturated rings. The number of phosphoric acid groups is 1. The minimum absolute atomic E-state index is 0.0326. The highest BCUT2D eigenvalue weighted by Crippen LogP contribution is 2.43. The van der Waals surface area contributed by atoms with Crippen molar-refractivity contribution in [2.75, 3.05) is 47.5 Å². The fraction of sp³-hybridized carbons (Fsp3) is 0.869. The number of hydrogen-bond acceptors (Lipinski definition) is 7. The molecule has 0 aliphatic rings. The number of carbonyl (C=O) groups is 2. The number of nitrogens with zero attached hydrogens (tertiary/aromatic N) is 1. The molecule has 0 bridgehead atoms. The summed E-state index contributed by atoms with van der Waals surface area (Å²) in [6, 6.07) is 0. The highest BCUT2D eigenvalue weighted by molar-refractivity contribution is 7.47. The lowest BCUT2D eigenvalue weighted by Crippen LogP contribution is -2.37. The fourth-order valence-corrected chi connectivity index (χ4v) is 9.43. The Morgan fingerprint density at radius 3 is 1.13 bits per heavy atom. The van der Waals surface area contributed by atoms with E-state index in [-0.39, 0.29) is 32.0 Å². The van der Waals surface area contributed by atoms with Gasteiger partial charge in [0.15, 0.2) is 6.10 Å². The van der Waals surface area contributed by atoms with Gasteiger partial charge in [-0.1, -0.05) is 243 Å². The smallest absolute Gasteiger partial charge is 0.462 e. The number of ether oxygens (including phenoxy) is 2. The van der Waals surface area contributed by atoms with E-state index in [0.717, 1.165) is 38.5 Å². The number of esters is 2. The van der Waals surface area contributed by atoms with E-state index in [1.165, 1.54) is 218 Å². The second-order valence-corrected chi connectivity index (χ2v) is 23.2. The average molecular weight is 1020 g/mol. The van der Waals surface area contributed by atoms with E-state index < -0.39 is 26.5 Å². The van der Waals surface area contributed by atoms with Gasteiger partial charge in [0.25, 0.3) is 0 Å². The predicted octanol–water partition coefficient (Wildman–Crippen LogP) is 18.8. The molecule has 0 rings (SSSR count). The third-order valence-electron chi connectivity index (χ3n) is 13.4. The van der Waals surface area contributed by atoms with Crippen molar-refractivity contribution in [1.29, 1.82) is 0 Å². The van der Waals surface area contributed by atoms with Gasteiger partial charge in [-0.2, -0.15) is 0 Å². The quantitative estimate of drug-likeness (QED) is 0.0211. The molecule has 1 N–H and O–H groups in total. The molecular weight excluding hydrogens is 906 g/mol. The van der Waals surface area contributed by atoms with Crippen molar-refractivity contribution >= 4 is 19.8 Å². The van der Waals surface area contributed by atoms with Crippen LogP contribution in [-0.4, -0.2) is 74.9 Å². The Bertz CT molecular complexity index is 1300. The predicted molar refractivity (Wildman–Crippen MR) is 303 cm³/mol. The van der Waals surface area contributed by atoms with Crippen LogP contribution in [0.4, 0.5) is 0 Å². The summed E-state index contributed by atoms with van der Waals surface area (Å²) in [6.45, 7) is 4.46. The fourth-order valence-electron chi connectivity index (χ4n) is 8.69. The Morgan fingerprint density at radius 1 is 0.437 bits per heavy atom. The first-order valence-corrected chi connectivity index (χ1v) is 31.7. The van der Waals surface area contributed by atoms with Crippen LogP contribution in [0.25, 0.3) is 0 Å². The van der Waals surface area contributed by atoms with Crippen LogP contribution >= 0.6 is 7.82 Å². The van der Waals surface area contributed by atoms with Crippen molar-refractivity contribution in [3.63, 3.8) is 0 Å². The molecule has 418 valence electrons. The highest BCUT2D eigenvalue weighted by atomic mass is 31.2. The first-order valence-electron chi connectivity index (χ1n) is 30.2. The van der Waals surface area contributed by atoms with Crippen molar-refractivity contribution in [2.24, 2.45) is 0 Å². The summed E-state index contributed by atoms with van der Waals surface area (Å²) in [5.41, 5.74) is 0. The number of rotatable bonds is 56. The number of carbonyl (C=O) groups excluding carboxylic acids is 2. The van der Waals surface area contributed by atoms with E-state index in [0.29, 0.717) is 17.4 Å². The van der Waals surface area contributed by atoms with Gasteiger partial charge in [-0.05, 0) is 70.6 Å². The molecule has 9 nitrogen and oxygen atoms in total. The van der Waals surface area contributed by atoms with Gasteiger partial charge in [-0.3, -0.25) is 18.6 Å². The van der Waals surface area contributed by atoms with Crippen LogP contribution in [0, 0.1) is 0 Å². The van der Waals surface area contributed by atoms with Crippen LogP contribution < -0.4 is 0 Å². The lowest BCUT2D eigenvalue weighted by atomic mass is 10.0. The Hall–Kier alpha value is -1.77. The lowest BCUT2D eigenvalue weighted by Gasteiger charge is -2.24. The first-order chi connectivity index (χ1) is 34.5. The van der Waals surface area contributed by atoms with Crippen LogP contribution in [0.15, 0.2) is 36.5 Å². The molecule has 0 saturated carbocycles. The van der Waals surface area contributed by atoms with Gasteiger partial charge in [0.05, 0.1) is 27.7 Å². The third-order valence-corrected chi connectivity index (χ3v) is 14.4. The third kappa shape index (κ3) is 57.4. The molecule has 0 amide bonds. The van der Waals surface area contributed by atoms with Crippen LogP contribution in [0.5, 0.6) is 0 Å². The van der Waals surface area contributed by atoms with Crippen LogP contribution in [-0.2, 0) is 32.7 Å². The summed E-state index contributed by atoms with van der Waals surface area (Å²) in [5.74, 6) is -0.789. The molecule has 10 heteroatoms. The molecule has 0 heterocycles. The number of quaternary nitrogens is 1. The van der Waals surface area contributed by atoms with Gasteiger partial charge in [0.1, 0.15) is 19.8 Å². The molecule has 0 aliphatic heterocycles. The lowest BCUT2D eigenvalue weighted by molar-refractivity contribution is -0.870. The second-order valence-electron chi connectivity index (χ2n) is 21.7. The molecule has 0 aromatic rings. The molecular formula is C61H117NO8P+. The molecule has 0 saturated heterocycles. The SMILES string of the molecule is CCCCCCC/C=C\C/C=C\CCCCCCCCCCCCCCCCCCCC(=O)OC(COC(=O)CCCCCCCCC/C=C\CCCCCCCCC)COP(=O)(O)OCC[N+](C)(C)C. The maximum absolute atomic E-state index is 12.8. The molecule has 0 aliphatic carbocycles. The van der Waals surface area contributed by atoms with Crippen LogP contribution in [0.2, 0.25) is 0 Å². The molecule has 71 heavy (non-hydrogen) atoms. The van der Waals surface area contributed by atoms with Crippen molar-refractivity contribution < 1.29 is 42.1 Å². The van der Waals surface area contributed by atoms with Gasteiger partial charge < -0.3 is 18.9 Å². The number of phosphoric ester groups is 1. The van der Waals surface area contributed by atoms with Crippen molar-refractivity contribution in [1.82, 2.24) is 0 Å². The highest BCUT2D eigenvalue weighted by Gasteiger charge is 2.27. The molecule has 2 unspecified atom stereocenters. The van der Waals surface area contributed by atoms with Gasteiger partial charge in [-0.15, -0.1) is 0 Å².